The van der Waals surface area contributed by atoms with Crippen LogP contribution in [0.1, 0.15) is 81.5 Å². The lowest BCUT2D eigenvalue weighted by molar-refractivity contribution is 0.0686. The third-order valence-corrected chi connectivity index (χ3v) is 5.70. The van der Waals surface area contributed by atoms with Crippen LogP contribution < -0.4 is 10.6 Å². The quantitative estimate of drug-likeness (QED) is 0.774. The Morgan fingerprint density at radius 3 is 2.40 bits per heavy atom. The summed E-state index contributed by atoms with van der Waals surface area (Å²) in [4.78, 5) is 23.6. The van der Waals surface area contributed by atoms with Gasteiger partial charge in [0.1, 0.15) is 5.76 Å². The van der Waals surface area contributed by atoms with Gasteiger partial charge in [-0.15, -0.1) is 0 Å². The molecule has 0 unspecified atom stereocenters. The average Bonchev–Trinajstić information content (AvgIpc) is 3.25. The smallest absolute Gasteiger partial charge is 0.405 e. The molecule has 7 heteroatoms. The molecule has 7 nitrogen and oxygen atoms in total. The van der Waals surface area contributed by atoms with Crippen molar-refractivity contribution in [2.45, 2.75) is 76.8 Å². The summed E-state index contributed by atoms with van der Waals surface area (Å²) in [5.74, 6) is 1.01. The molecule has 2 aliphatic rings. The average molecular weight is 349 g/mol. The van der Waals surface area contributed by atoms with E-state index in [4.69, 9.17) is 4.52 Å². The first-order valence-corrected chi connectivity index (χ1v) is 8.99. The van der Waals surface area contributed by atoms with E-state index in [1.807, 2.05) is 0 Å². The number of rotatable bonds is 4. The van der Waals surface area contributed by atoms with Crippen molar-refractivity contribution in [2.75, 3.05) is 0 Å². The first-order valence-electron chi connectivity index (χ1n) is 8.99. The summed E-state index contributed by atoms with van der Waals surface area (Å²) in [6, 6.07) is 1.76. The second-order valence-electron chi connectivity index (χ2n) is 8.40. The lowest BCUT2D eigenvalue weighted by atomic mass is 9.64. The van der Waals surface area contributed by atoms with Gasteiger partial charge in [0.2, 0.25) is 0 Å². The predicted octanol–water partition coefficient (Wildman–Crippen LogP) is 3.28. The zero-order valence-electron chi connectivity index (χ0n) is 15.1. The first-order chi connectivity index (χ1) is 11.7. The van der Waals surface area contributed by atoms with Crippen molar-refractivity contribution in [1.29, 1.82) is 0 Å². The van der Waals surface area contributed by atoms with E-state index in [1.165, 1.54) is 0 Å². The molecule has 138 valence electrons. The molecule has 0 atom stereocenters. The summed E-state index contributed by atoms with van der Waals surface area (Å²) < 4.78 is 5.23. The molecule has 2 amide bonds. The fourth-order valence-corrected chi connectivity index (χ4v) is 3.74. The Hall–Kier alpha value is -2.05. The van der Waals surface area contributed by atoms with Crippen molar-refractivity contribution >= 4 is 12.0 Å². The molecule has 0 saturated heterocycles. The topological polar surface area (TPSA) is 104 Å². The van der Waals surface area contributed by atoms with Crippen molar-refractivity contribution in [3.8, 4) is 0 Å². The molecule has 0 aromatic carbocycles. The van der Waals surface area contributed by atoms with Gasteiger partial charge in [0.15, 0.2) is 5.69 Å². The second kappa shape index (κ2) is 6.35. The number of aromatic nitrogens is 1. The van der Waals surface area contributed by atoms with E-state index in [1.54, 1.807) is 6.07 Å². The lowest BCUT2D eigenvalue weighted by Crippen LogP contribution is -2.60. The highest BCUT2D eigenvalue weighted by atomic mass is 16.5. The minimum Gasteiger partial charge on any atom is -0.465 e. The molecule has 0 spiro atoms. The van der Waals surface area contributed by atoms with E-state index in [-0.39, 0.29) is 17.4 Å². The lowest BCUT2D eigenvalue weighted by Gasteiger charge is -2.49. The van der Waals surface area contributed by atoms with Gasteiger partial charge >= 0.3 is 6.09 Å². The van der Waals surface area contributed by atoms with Crippen molar-refractivity contribution in [3.05, 3.63) is 17.5 Å². The molecule has 25 heavy (non-hydrogen) atoms. The van der Waals surface area contributed by atoms with Crippen LogP contribution >= 0.6 is 0 Å². The van der Waals surface area contributed by atoms with Crippen molar-refractivity contribution in [2.24, 2.45) is 5.41 Å². The number of carboxylic acid groups (broad SMARTS) is 1. The molecular weight excluding hydrogens is 322 g/mol. The van der Waals surface area contributed by atoms with Crippen LogP contribution in [0.5, 0.6) is 0 Å². The monoisotopic (exact) mass is 349 g/mol. The molecule has 3 rings (SSSR count). The van der Waals surface area contributed by atoms with Gasteiger partial charge in [-0.2, -0.15) is 0 Å². The number of hydrogen-bond donors (Lipinski definition) is 3. The van der Waals surface area contributed by atoms with Crippen molar-refractivity contribution in [1.82, 2.24) is 15.8 Å². The third kappa shape index (κ3) is 3.80. The largest absolute Gasteiger partial charge is 0.465 e. The minimum absolute atomic E-state index is 0.0274. The second-order valence-corrected chi connectivity index (χ2v) is 8.40. The van der Waals surface area contributed by atoms with Crippen molar-refractivity contribution < 1.29 is 19.2 Å². The Morgan fingerprint density at radius 1 is 1.24 bits per heavy atom. The van der Waals surface area contributed by atoms with Gasteiger partial charge in [0, 0.05) is 23.6 Å². The molecule has 2 saturated carbocycles. The van der Waals surface area contributed by atoms with E-state index in [9.17, 15) is 14.7 Å². The molecular formula is C18H27N3O4. The van der Waals surface area contributed by atoms with Crippen LogP contribution in [0.4, 0.5) is 4.79 Å². The van der Waals surface area contributed by atoms with Gasteiger partial charge in [0.25, 0.3) is 5.91 Å². The molecule has 1 heterocycles. The van der Waals surface area contributed by atoms with Gasteiger partial charge in [-0.1, -0.05) is 25.9 Å². The Morgan fingerprint density at radius 2 is 1.88 bits per heavy atom. The first kappa shape index (κ1) is 17.8. The standard InChI is InChI=1S/C18H27N3O4/c1-17(2,3)18(20-16(23)24)8-6-12(7-9-18)19-15(22)13-10-14(25-21-13)11-4-5-11/h10-12,20H,4-9H2,1-3H3,(H,19,22)(H,23,24). The Bertz CT molecular complexity index is 650. The summed E-state index contributed by atoms with van der Waals surface area (Å²) in [5.41, 5.74) is -0.322. The van der Waals surface area contributed by atoms with Gasteiger partial charge in [-0.3, -0.25) is 4.79 Å². The highest BCUT2D eigenvalue weighted by Crippen LogP contribution is 2.42. The number of carbonyl (C=O) groups excluding carboxylic acids is 1. The van der Waals surface area contributed by atoms with E-state index in [0.29, 0.717) is 24.5 Å². The Kier molecular flexibility index (Phi) is 4.51. The minimum atomic E-state index is -0.993. The van der Waals surface area contributed by atoms with Gasteiger partial charge < -0.3 is 20.3 Å². The number of nitrogens with zero attached hydrogens (tertiary/aromatic N) is 1. The Labute approximate surface area is 147 Å². The SMILES string of the molecule is CC(C)(C)C1(NC(=O)O)CCC(NC(=O)c2cc(C3CC3)on2)CC1. The molecule has 0 bridgehead atoms. The number of nitrogens with one attached hydrogen (secondary N) is 2. The molecule has 1 aromatic rings. The van der Waals surface area contributed by atoms with Crippen LogP contribution in [0.3, 0.4) is 0 Å². The molecule has 2 fully saturated rings. The maximum atomic E-state index is 12.4. The zero-order chi connectivity index (χ0) is 18.2. The van der Waals surface area contributed by atoms with Gasteiger partial charge in [0.05, 0.1) is 0 Å². The maximum absolute atomic E-state index is 12.4. The van der Waals surface area contributed by atoms with Crippen LogP contribution in [-0.2, 0) is 0 Å². The van der Waals surface area contributed by atoms with Crippen LogP contribution in [0.2, 0.25) is 0 Å². The van der Waals surface area contributed by atoms with Crippen LogP contribution in [-0.4, -0.2) is 33.8 Å². The summed E-state index contributed by atoms with van der Waals surface area (Å²) >= 11 is 0. The predicted molar refractivity (Wildman–Crippen MR) is 91.5 cm³/mol. The fourth-order valence-electron chi connectivity index (χ4n) is 3.74. The highest BCUT2D eigenvalue weighted by Gasteiger charge is 2.45. The van der Waals surface area contributed by atoms with E-state index in [0.717, 1.165) is 31.4 Å². The van der Waals surface area contributed by atoms with Gasteiger partial charge in [-0.05, 0) is 43.9 Å². The van der Waals surface area contributed by atoms with E-state index < -0.39 is 11.6 Å². The molecule has 0 aliphatic heterocycles. The summed E-state index contributed by atoms with van der Waals surface area (Å²) in [6.45, 7) is 6.16. The summed E-state index contributed by atoms with van der Waals surface area (Å²) in [6.07, 6.45) is 4.06. The van der Waals surface area contributed by atoms with Gasteiger partial charge in [-0.25, -0.2) is 4.79 Å². The van der Waals surface area contributed by atoms with Crippen molar-refractivity contribution in [3.63, 3.8) is 0 Å². The molecule has 2 aliphatic carbocycles. The number of amides is 2. The Balaban J connectivity index is 1.59. The van der Waals surface area contributed by atoms with E-state index in [2.05, 4.69) is 36.6 Å². The third-order valence-electron chi connectivity index (χ3n) is 5.70. The molecule has 1 aromatic heterocycles. The molecule has 3 N–H and O–H groups in total. The van der Waals surface area contributed by atoms with Crippen LogP contribution in [0, 0.1) is 5.41 Å². The van der Waals surface area contributed by atoms with Crippen LogP contribution in [0.15, 0.2) is 10.6 Å². The highest BCUT2D eigenvalue weighted by molar-refractivity contribution is 5.92. The van der Waals surface area contributed by atoms with Crippen LogP contribution in [0.25, 0.3) is 0 Å². The number of carbonyl (C=O) groups is 2. The number of hydrogen-bond acceptors (Lipinski definition) is 4. The molecule has 0 radical (unpaired) electrons. The maximum Gasteiger partial charge on any atom is 0.405 e. The summed E-state index contributed by atoms with van der Waals surface area (Å²) in [5, 5.41) is 18.8. The summed E-state index contributed by atoms with van der Waals surface area (Å²) in [7, 11) is 0. The normalized spacial score (nSPS) is 26.9. The van der Waals surface area contributed by atoms with E-state index >= 15 is 0 Å². The fraction of sp³-hybridized carbons (Fsp3) is 0.722. The zero-order valence-corrected chi connectivity index (χ0v) is 15.1.